The van der Waals surface area contributed by atoms with Crippen molar-refractivity contribution in [3.05, 3.63) is 65.9 Å². The maximum atomic E-state index is 12.3. The van der Waals surface area contributed by atoms with E-state index in [1.807, 2.05) is 31.2 Å². The Balaban J connectivity index is 1.47. The fraction of sp³-hybridized carbons (Fsp3) is 0.346. The predicted octanol–water partition coefficient (Wildman–Crippen LogP) is 3.24. The number of hydrogen-bond acceptors (Lipinski definition) is 8. The highest BCUT2D eigenvalue weighted by Gasteiger charge is 2.22. The molecular formula is C26H31N5O5S. The molecule has 3 aromatic rings. The second-order valence-corrected chi connectivity index (χ2v) is 11.1. The molecule has 196 valence electrons. The van der Waals surface area contributed by atoms with Gasteiger partial charge in [0, 0.05) is 36.7 Å². The van der Waals surface area contributed by atoms with Crippen LogP contribution in [0.3, 0.4) is 0 Å². The number of carbonyl (C=O) groups excluding carboxylic acids is 1. The number of rotatable bonds is 8. The van der Waals surface area contributed by atoms with E-state index < -0.39 is 9.84 Å². The first-order chi connectivity index (χ1) is 17.7. The van der Waals surface area contributed by atoms with E-state index in [-0.39, 0.29) is 17.8 Å². The number of methoxy groups -OCH3 is 1. The quantitative estimate of drug-likeness (QED) is 0.460. The zero-order valence-corrected chi connectivity index (χ0v) is 21.9. The zero-order chi connectivity index (χ0) is 26.4. The van der Waals surface area contributed by atoms with E-state index in [0.29, 0.717) is 54.9 Å². The van der Waals surface area contributed by atoms with Crippen molar-refractivity contribution >= 4 is 27.4 Å². The lowest BCUT2D eigenvalue weighted by molar-refractivity contribution is 0.0985. The molecule has 2 N–H and O–H groups in total. The number of amides is 2. The van der Waals surface area contributed by atoms with Crippen molar-refractivity contribution in [2.75, 3.05) is 43.3 Å². The number of carbonyl (C=O) groups is 1. The maximum Gasteiger partial charge on any atom is 0.319 e. The molecule has 0 radical (unpaired) electrons. The van der Waals surface area contributed by atoms with E-state index in [1.165, 1.54) is 6.26 Å². The summed E-state index contributed by atoms with van der Waals surface area (Å²) in [6.45, 7) is 4.22. The zero-order valence-electron chi connectivity index (χ0n) is 21.1. The van der Waals surface area contributed by atoms with E-state index in [2.05, 4.69) is 20.5 Å². The lowest BCUT2D eigenvalue weighted by atomic mass is 10.2. The first kappa shape index (κ1) is 26.4. The van der Waals surface area contributed by atoms with Crippen molar-refractivity contribution in [3.63, 3.8) is 0 Å². The molecule has 2 amide bonds. The van der Waals surface area contributed by atoms with Gasteiger partial charge in [-0.2, -0.15) is 0 Å². The Morgan fingerprint density at radius 1 is 1.14 bits per heavy atom. The van der Waals surface area contributed by atoms with Gasteiger partial charge in [0.1, 0.15) is 11.6 Å². The molecule has 1 aliphatic rings. The summed E-state index contributed by atoms with van der Waals surface area (Å²) in [4.78, 5) is 23.7. The molecule has 10 nitrogen and oxygen atoms in total. The van der Waals surface area contributed by atoms with Crippen LogP contribution in [0.25, 0.3) is 11.4 Å². The van der Waals surface area contributed by atoms with Crippen LogP contribution < -0.4 is 20.3 Å². The molecule has 0 spiro atoms. The number of sulfone groups is 1. The van der Waals surface area contributed by atoms with Gasteiger partial charge in [-0.25, -0.2) is 23.2 Å². The van der Waals surface area contributed by atoms with Gasteiger partial charge in [-0.1, -0.05) is 12.1 Å². The number of benzene rings is 2. The molecule has 2 heterocycles. The van der Waals surface area contributed by atoms with Crippen molar-refractivity contribution < 1.29 is 22.7 Å². The fourth-order valence-corrected chi connectivity index (χ4v) is 4.66. The molecule has 11 heteroatoms. The van der Waals surface area contributed by atoms with Gasteiger partial charge >= 0.3 is 6.03 Å². The van der Waals surface area contributed by atoms with Gasteiger partial charge in [-0.3, -0.25) is 0 Å². The van der Waals surface area contributed by atoms with E-state index in [4.69, 9.17) is 14.5 Å². The minimum Gasteiger partial charge on any atom is -0.497 e. The van der Waals surface area contributed by atoms with Crippen molar-refractivity contribution in [2.24, 2.45) is 0 Å². The predicted molar refractivity (Wildman–Crippen MR) is 142 cm³/mol. The fourth-order valence-electron chi connectivity index (χ4n) is 3.97. The monoisotopic (exact) mass is 525 g/mol. The Labute approximate surface area is 217 Å². The number of anilines is 2. The highest BCUT2D eigenvalue weighted by atomic mass is 32.2. The summed E-state index contributed by atoms with van der Waals surface area (Å²) in [6.07, 6.45) is 1.19. The van der Waals surface area contributed by atoms with Gasteiger partial charge in [0.05, 0.1) is 37.8 Å². The summed E-state index contributed by atoms with van der Waals surface area (Å²) in [6, 6.07) is 16.1. The number of nitrogens with zero attached hydrogens (tertiary/aromatic N) is 3. The van der Waals surface area contributed by atoms with E-state index >= 15 is 0 Å². The van der Waals surface area contributed by atoms with Crippen LogP contribution in [0.1, 0.15) is 18.2 Å². The lowest BCUT2D eigenvalue weighted by Gasteiger charge is -2.34. The summed E-state index contributed by atoms with van der Waals surface area (Å²) in [7, 11) is -1.68. The molecule has 37 heavy (non-hydrogen) atoms. The molecule has 4 rings (SSSR count). The largest absolute Gasteiger partial charge is 0.497 e. The SMILES string of the molecule is COc1ccc(CNC(=O)Nc2ccc(-c3nc(CS(C)(=O)=O)cc(N4CCOC[C@@H]4C)n3)cc2)cc1. The molecule has 1 aliphatic heterocycles. The summed E-state index contributed by atoms with van der Waals surface area (Å²) >= 11 is 0. The maximum absolute atomic E-state index is 12.3. The molecule has 0 unspecified atom stereocenters. The third-order valence-electron chi connectivity index (χ3n) is 5.85. The first-order valence-corrected chi connectivity index (χ1v) is 13.9. The summed E-state index contributed by atoms with van der Waals surface area (Å²) in [5.74, 6) is 1.66. The van der Waals surface area contributed by atoms with E-state index in [1.54, 1.807) is 37.4 Å². The van der Waals surface area contributed by atoms with Crippen LogP contribution in [0.2, 0.25) is 0 Å². The topological polar surface area (TPSA) is 123 Å². The van der Waals surface area contributed by atoms with Crippen LogP contribution in [-0.4, -0.2) is 63.6 Å². The van der Waals surface area contributed by atoms with Crippen LogP contribution >= 0.6 is 0 Å². The van der Waals surface area contributed by atoms with E-state index in [0.717, 1.165) is 11.3 Å². The van der Waals surface area contributed by atoms with Gasteiger partial charge in [0.25, 0.3) is 0 Å². The van der Waals surface area contributed by atoms with Gasteiger partial charge in [0.2, 0.25) is 0 Å². The van der Waals surface area contributed by atoms with Gasteiger partial charge in [-0.05, 0) is 48.9 Å². The molecule has 0 aliphatic carbocycles. The Bertz CT molecular complexity index is 1330. The number of urea groups is 1. The smallest absolute Gasteiger partial charge is 0.319 e. The standard InChI is InChI=1S/C26H31N5O5S/c1-18-16-36-13-12-31(18)24-14-22(17-37(3,33)34)28-25(30-24)20-6-8-21(9-7-20)29-26(32)27-15-19-4-10-23(35-2)11-5-19/h4-11,14,18H,12-13,15-17H2,1-3H3,(H2,27,29,32)/t18-/m0/s1. The summed E-state index contributed by atoms with van der Waals surface area (Å²) < 4.78 is 34.6. The van der Waals surface area contributed by atoms with Crippen LogP contribution in [0.4, 0.5) is 16.3 Å². The average Bonchev–Trinajstić information content (AvgIpc) is 2.87. The van der Waals surface area contributed by atoms with Crippen molar-refractivity contribution in [2.45, 2.75) is 25.3 Å². The number of ether oxygens (including phenoxy) is 2. The number of morpholine rings is 1. The molecule has 0 bridgehead atoms. The van der Waals surface area contributed by atoms with Crippen molar-refractivity contribution in [1.82, 2.24) is 15.3 Å². The molecule has 0 saturated carbocycles. The molecule has 2 aromatic carbocycles. The normalized spacial score (nSPS) is 15.8. The third-order valence-corrected chi connectivity index (χ3v) is 6.67. The van der Waals surface area contributed by atoms with Crippen molar-refractivity contribution in [1.29, 1.82) is 0 Å². The molecule has 1 atom stereocenters. The Kier molecular flexibility index (Phi) is 8.24. The molecular weight excluding hydrogens is 494 g/mol. The Hall–Kier alpha value is -3.70. The van der Waals surface area contributed by atoms with Crippen molar-refractivity contribution in [3.8, 4) is 17.1 Å². The number of aromatic nitrogens is 2. The second-order valence-electron chi connectivity index (χ2n) is 8.96. The van der Waals surface area contributed by atoms with E-state index in [9.17, 15) is 13.2 Å². The second kappa shape index (κ2) is 11.6. The lowest BCUT2D eigenvalue weighted by Crippen LogP contribution is -2.44. The molecule has 1 aromatic heterocycles. The van der Waals surface area contributed by atoms with Gasteiger partial charge < -0.3 is 25.0 Å². The Morgan fingerprint density at radius 3 is 2.51 bits per heavy atom. The Morgan fingerprint density at radius 2 is 1.86 bits per heavy atom. The minimum atomic E-state index is -3.28. The summed E-state index contributed by atoms with van der Waals surface area (Å²) in [5, 5.41) is 5.63. The van der Waals surface area contributed by atoms with Crippen LogP contribution in [0, 0.1) is 0 Å². The highest BCUT2D eigenvalue weighted by molar-refractivity contribution is 7.89. The average molecular weight is 526 g/mol. The molecule has 1 fully saturated rings. The third kappa shape index (κ3) is 7.40. The number of hydrogen-bond donors (Lipinski definition) is 2. The van der Waals surface area contributed by atoms with Gasteiger partial charge in [0.15, 0.2) is 15.7 Å². The van der Waals surface area contributed by atoms with Gasteiger partial charge in [-0.15, -0.1) is 0 Å². The number of nitrogens with one attached hydrogen (secondary N) is 2. The summed E-state index contributed by atoms with van der Waals surface area (Å²) in [5.41, 5.74) is 2.69. The first-order valence-electron chi connectivity index (χ1n) is 11.9. The van der Waals surface area contributed by atoms with Crippen LogP contribution in [0.5, 0.6) is 5.75 Å². The highest BCUT2D eigenvalue weighted by Crippen LogP contribution is 2.25. The molecule has 1 saturated heterocycles. The minimum absolute atomic E-state index is 0.102. The van der Waals surface area contributed by atoms with Crippen LogP contribution in [-0.2, 0) is 26.9 Å². The van der Waals surface area contributed by atoms with Crippen LogP contribution in [0.15, 0.2) is 54.6 Å².